The molecule has 1 heterocycles. The minimum Gasteiger partial charge on any atom is -0.346 e. The second-order valence-electron chi connectivity index (χ2n) is 8.23. The van der Waals surface area contributed by atoms with E-state index in [0.29, 0.717) is 0 Å². The van der Waals surface area contributed by atoms with Crippen molar-refractivity contribution in [3.63, 3.8) is 0 Å². The zero-order valence-electron chi connectivity index (χ0n) is 17.6. The molecule has 3 aromatic rings. The maximum atomic E-state index is 12.5. The topological polar surface area (TPSA) is 59.8 Å². The molecule has 6 heteroatoms. The molecule has 29 heavy (non-hydrogen) atoms. The van der Waals surface area contributed by atoms with Gasteiger partial charge in [0.2, 0.25) is 5.91 Å². The summed E-state index contributed by atoms with van der Waals surface area (Å²) in [7, 11) is 0. The van der Waals surface area contributed by atoms with Gasteiger partial charge in [0.05, 0.1) is 6.04 Å². The van der Waals surface area contributed by atoms with E-state index in [1.165, 1.54) is 11.1 Å². The second kappa shape index (κ2) is 8.82. The Morgan fingerprint density at radius 1 is 1.07 bits per heavy atom. The van der Waals surface area contributed by atoms with E-state index >= 15 is 0 Å². The van der Waals surface area contributed by atoms with Crippen LogP contribution in [0.25, 0.3) is 5.69 Å². The first-order valence-electron chi connectivity index (χ1n) is 9.76. The third-order valence-electron chi connectivity index (χ3n) is 4.58. The average Bonchev–Trinajstić information content (AvgIpc) is 3.11. The van der Waals surface area contributed by atoms with Crippen LogP contribution in [0.5, 0.6) is 0 Å². The SMILES string of the molecule is Cc1ccc(-n2c(SCc3ccccc3)nnc2[C@@H](C)NC(=O)C(C)(C)C)cc1. The van der Waals surface area contributed by atoms with Crippen LogP contribution in [0.3, 0.4) is 0 Å². The van der Waals surface area contributed by atoms with Crippen molar-refractivity contribution >= 4 is 17.7 Å². The van der Waals surface area contributed by atoms with Gasteiger partial charge in [-0.2, -0.15) is 0 Å². The summed E-state index contributed by atoms with van der Waals surface area (Å²) in [6, 6.07) is 18.3. The third kappa shape index (κ3) is 5.26. The highest BCUT2D eigenvalue weighted by Crippen LogP contribution is 2.28. The second-order valence-corrected chi connectivity index (χ2v) is 9.17. The number of amides is 1. The number of hydrogen-bond acceptors (Lipinski definition) is 4. The lowest BCUT2D eigenvalue weighted by molar-refractivity contribution is -0.129. The van der Waals surface area contributed by atoms with E-state index in [9.17, 15) is 4.79 Å². The van der Waals surface area contributed by atoms with Gasteiger partial charge in [-0.05, 0) is 31.5 Å². The van der Waals surface area contributed by atoms with Crippen LogP contribution in [-0.4, -0.2) is 20.7 Å². The van der Waals surface area contributed by atoms with Crippen molar-refractivity contribution in [2.75, 3.05) is 0 Å². The van der Waals surface area contributed by atoms with Crippen LogP contribution < -0.4 is 5.32 Å². The van der Waals surface area contributed by atoms with Gasteiger partial charge in [-0.3, -0.25) is 9.36 Å². The largest absolute Gasteiger partial charge is 0.346 e. The Bertz CT molecular complexity index is 959. The summed E-state index contributed by atoms with van der Waals surface area (Å²) in [6.07, 6.45) is 0. The molecular weight excluding hydrogens is 380 g/mol. The average molecular weight is 409 g/mol. The Hall–Kier alpha value is -2.60. The molecule has 0 spiro atoms. The van der Waals surface area contributed by atoms with Gasteiger partial charge in [-0.15, -0.1) is 10.2 Å². The Morgan fingerprint density at radius 2 is 1.72 bits per heavy atom. The predicted molar refractivity (Wildman–Crippen MR) is 118 cm³/mol. The van der Waals surface area contributed by atoms with Crippen molar-refractivity contribution < 1.29 is 4.79 Å². The predicted octanol–water partition coefficient (Wildman–Crippen LogP) is 5.09. The first-order chi connectivity index (χ1) is 13.8. The number of thioether (sulfide) groups is 1. The Labute approximate surface area is 176 Å². The van der Waals surface area contributed by atoms with Crippen LogP contribution in [0, 0.1) is 12.3 Å². The van der Waals surface area contributed by atoms with Crippen LogP contribution in [-0.2, 0) is 10.5 Å². The number of carbonyl (C=O) groups is 1. The summed E-state index contributed by atoms with van der Waals surface area (Å²) in [5.41, 5.74) is 2.94. The zero-order valence-corrected chi connectivity index (χ0v) is 18.5. The molecular formula is C23H28N4OS. The lowest BCUT2D eigenvalue weighted by Gasteiger charge is -2.22. The Kier molecular flexibility index (Phi) is 6.42. The monoisotopic (exact) mass is 408 g/mol. The van der Waals surface area contributed by atoms with Crippen molar-refractivity contribution in [2.24, 2.45) is 5.41 Å². The molecule has 0 aliphatic heterocycles. The molecule has 5 nitrogen and oxygen atoms in total. The summed E-state index contributed by atoms with van der Waals surface area (Å²) >= 11 is 1.64. The van der Waals surface area contributed by atoms with E-state index in [1.807, 2.05) is 50.5 Å². The lowest BCUT2D eigenvalue weighted by Crippen LogP contribution is -2.37. The fourth-order valence-electron chi connectivity index (χ4n) is 2.79. The Balaban J connectivity index is 1.92. The van der Waals surface area contributed by atoms with Crippen LogP contribution in [0.4, 0.5) is 0 Å². The van der Waals surface area contributed by atoms with Gasteiger partial charge in [0.25, 0.3) is 0 Å². The van der Waals surface area contributed by atoms with Crippen LogP contribution in [0.1, 0.15) is 50.7 Å². The lowest BCUT2D eigenvalue weighted by atomic mass is 9.95. The maximum Gasteiger partial charge on any atom is 0.225 e. The molecule has 0 unspecified atom stereocenters. The van der Waals surface area contributed by atoms with Gasteiger partial charge in [-0.25, -0.2) is 0 Å². The Morgan fingerprint density at radius 3 is 2.34 bits per heavy atom. The fourth-order valence-corrected chi connectivity index (χ4v) is 3.71. The summed E-state index contributed by atoms with van der Waals surface area (Å²) in [5.74, 6) is 1.51. The molecule has 1 amide bonds. The third-order valence-corrected chi connectivity index (χ3v) is 5.58. The van der Waals surface area contributed by atoms with Gasteiger partial charge in [-0.1, -0.05) is 80.6 Å². The molecule has 0 fully saturated rings. The molecule has 152 valence electrons. The molecule has 2 aromatic carbocycles. The molecule has 1 N–H and O–H groups in total. The van der Waals surface area contributed by atoms with Crippen LogP contribution in [0.2, 0.25) is 0 Å². The van der Waals surface area contributed by atoms with E-state index in [0.717, 1.165) is 22.4 Å². The number of nitrogens with zero attached hydrogens (tertiary/aromatic N) is 3. The first kappa shape index (κ1) is 21.1. The number of aryl methyl sites for hydroxylation is 1. The highest BCUT2D eigenvalue weighted by atomic mass is 32.2. The summed E-state index contributed by atoms with van der Waals surface area (Å²) in [4.78, 5) is 12.5. The van der Waals surface area contributed by atoms with Gasteiger partial charge < -0.3 is 5.32 Å². The molecule has 0 saturated carbocycles. The number of rotatable bonds is 6. The van der Waals surface area contributed by atoms with Crippen molar-refractivity contribution in [3.8, 4) is 5.69 Å². The van der Waals surface area contributed by atoms with Crippen molar-refractivity contribution in [1.82, 2.24) is 20.1 Å². The summed E-state index contributed by atoms with van der Waals surface area (Å²) < 4.78 is 2.04. The van der Waals surface area contributed by atoms with E-state index in [2.05, 4.69) is 58.8 Å². The van der Waals surface area contributed by atoms with Crippen molar-refractivity contribution in [1.29, 1.82) is 0 Å². The normalized spacial score (nSPS) is 12.6. The number of nitrogens with one attached hydrogen (secondary N) is 1. The van der Waals surface area contributed by atoms with Gasteiger partial charge in [0.15, 0.2) is 11.0 Å². The van der Waals surface area contributed by atoms with Gasteiger partial charge >= 0.3 is 0 Å². The number of benzene rings is 2. The minimum atomic E-state index is -0.464. The molecule has 0 aliphatic carbocycles. The van der Waals surface area contributed by atoms with Gasteiger partial charge in [0, 0.05) is 16.9 Å². The maximum absolute atomic E-state index is 12.5. The standard InChI is InChI=1S/C23H28N4OS/c1-16-11-13-19(14-12-16)27-20(17(2)24-21(28)23(3,4)5)25-26-22(27)29-15-18-9-7-6-8-10-18/h6-14,17H,15H2,1-5H3,(H,24,28)/t17-/m1/s1. The van der Waals surface area contributed by atoms with Gasteiger partial charge in [0.1, 0.15) is 0 Å². The first-order valence-corrected chi connectivity index (χ1v) is 10.7. The van der Waals surface area contributed by atoms with E-state index < -0.39 is 5.41 Å². The smallest absolute Gasteiger partial charge is 0.225 e. The molecule has 0 saturated heterocycles. The molecule has 0 radical (unpaired) electrons. The number of aromatic nitrogens is 3. The molecule has 0 bridgehead atoms. The van der Waals surface area contributed by atoms with Crippen LogP contribution >= 0.6 is 11.8 Å². The zero-order chi connectivity index (χ0) is 21.0. The molecule has 3 rings (SSSR count). The van der Waals surface area contributed by atoms with E-state index in [4.69, 9.17) is 0 Å². The highest BCUT2D eigenvalue weighted by molar-refractivity contribution is 7.98. The molecule has 0 aliphatic rings. The highest BCUT2D eigenvalue weighted by Gasteiger charge is 2.26. The van der Waals surface area contributed by atoms with Crippen molar-refractivity contribution in [2.45, 2.75) is 51.6 Å². The van der Waals surface area contributed by atoms with Crippen molar-refractivity contribution in [3.05, 3.63) is 71.5 Å². The molecule has 1 atom stereocenters. The molecule has 1 aromatic heterocycles. The quantitative estimate of drug-likeness (QED) is 0.577. The summed E-state index contributed by atoms with van der Waals surface area (Å²) in [6.45, 7) is 9.72. The van der Waals surface area contributed by atoms with E-state index in [-0.39, 0.29) is 11.9 Å². The number of hydrogen-bond donors (Lipinski definition) is 1. The number of carbonyl (C=O) groups excluding carboxylic acids is 1. The van der Waals surface area contributed by atoms with E-state index in [1.54, 1.807) is 11.8 Å². The fraction of sp³-hybridized carbons (Fsp3) is 0.348. The minimum absolute atomic E-state index is 0.0121. The van der Waals surface area contributed by atoms with Crippen LogP contribution in [0.15, 0.2) is 59.8 Å². The summed E-state index contributed by atoms with van der Waals surface area (Å²) in [5, 5.41) is 12.8.